The van der Waals surface area contributed by atoms with E-state index in [1.54, 1.807) is 12.1 Å². The summed E-state index contributed by atoms with van der Waals surface area (Å²) >= 11 is 0. The second-order valence-electron chi connectivity index (χ2n) is 5.23. The van der Waals surface area contributed by atoms with E-state index in [9.17, 15) is 9.50 Å². The lowest BCUT2D eigenvalue weighted by molar-refractivity contribution is 0.191. The molecular formula is C17H20FNO. The molecule has 0 fully saturated rings. The number of benzene rings is 2. The van der Waals surface area contributed by atoms with E-state index in [0.717, 1.165) is 5.56 Å². The van der Waals surface area contributed by atoms with Crippen molar-refractivity contribution in [1.29, 1.82) is 0 Å². The van der Waals surface area contributed by atoms with Gasteiger partial charge in [0, 0.05) is 12.2 Å². The van der Waals surface area contributed by atoms with E-state index >= 15 is 0 Å². The molecule has 0 spiro atoms. The zero-order chi connectivity index (χ0) is 14.5. The average Bonchev–Trinajstić information content (AvgIpc) is 2.45. The number of nitrogens with one attached hydrogen (secondary N) is 1. The summed E-state index contributed by atoms with van der Waals surface area (Å²) in [4.78, 5) is 0. The molecule has 1 atom stereocenters. The first-order chi connectivity index (χ1) is 9.56. The third-order valence-electron chi connectivity index (χ3n) is 3.31. The highest BCUT2D eigenvalue weighted by Crippen LogP contribution is 2.19. The maximum absolute atomic E-state index is 13.0. The van der Waals surface area contributed by atoms with Gasteiger partial charge in [-0.25, -0.2) is 4.39 Å². The minimum absolute atomic E-state index is 0.286. The summed E-state index contributed by atoms with van der Waals surface area (Å²) in [6, 6.07) is 14.2. The molecular weight excluding hydrogens is 253 g/mol. The van der Waals surface area contributed by atoms with Gasteiger partial charge in [0.1, 0.15) is 5.82 Å². The monoisotopic (exact) mass is 273 g/mol. The maximum atomic E-state index is 13.0. The Hall–Kier alpha value is -1.87. The van der Waals surface area contributed by atoms with Gasteiger partial charge in [-0.3, -0.25) is 0 Å². The second kappa shape index (κ2) is 6.53. The largest absolute Gasteiger partial charge is 0.387 e. The van der Waals surface area contributed by atoms with Gasteiger partial charge in [0.2, 0.25) is 0 Å². The van der Waals surface area contributed by atoms with Crippen molar-refractivity contribution in [1.82, 2.24) is 0 Å². The van der Waals surface area contributed by atoms with E-state index in [0.29, 0.717) is 18.2 Å². The minimum atomic E-state index is -0.612. The molecule has 0 saturated heterocycles. The maximum Gasteiger partial charge on any atom is 0.125 e. The SMILES string of the molecule is CC(C)c1ccc(C(O)CNc2cccc(F)c2)cc1. The first-order valence-electron chi connectivity index (χ1n) is 6.83. The first kappa shape index (κ1) is 14.5. The van der Waals surface area contributed by atoms with Gasteiger partial charge in [-0.05, 0) is 35.2 Å². The predicted molar refractivity (Wildman–Crippen MR) is 80.4 cm³/mol. The summed E-state index contributed by atoms with van der Waals surface area (Å²) < 4.78 is 13.0. The van der Waals surface area contributed by atoms with Crippen molar-refractivity contribution in [2.75, 3.05) is 11.9 Å². The van der Waals surface area contributed by atoms with Gasteiger partial charge in [0.25, 0.3) is 0 Å². The standard InChI is InChI=1S/C17H20FNO/c1-12(2)13-6-8-14(9-7-13)17(20)11-19-16-5-3-4-15(18)10-16/h3-10,12,17,19-20H,11H2,1-2H3. The molecule has 2 nitrogen and oxygen atoms in total. The smallest absolute Gasteiger partial charge is 0.125 e. The molecule has 3 heteroatoms. The van der Waals surface area contributed by atoms with E-state index in [1.807, 2.05) is 24.3 Å². The van der Waals surface area contributed by atoms with E-state index in [2.05, 4.69) is 19.2 Å². The highest BCUT2D eigenvalue weighted by molar-refractivity contribution is 5.43. The van der Waals surface area contributed by atoms with Gasteiger partial charge in [0.15, 0.2) is 0 Å². The number of halogens is 1. The van der Waals surface area contributed by atoms with E-state index < -0.39 is 6.10 Å². The topological polar surface area (TPSA) is 32.3 Å². The molecule has 0 aliphatic heterocycles. The van der Waals surface area contributed by atoms with E-state index in [4.69, 9.17) is 0 Å². The van der Waals surface area contributed by atoms with Gasteiger partial charge in [-0.2, -0.15) is 0 Å². The van der Waals surface area contributed by atoms with Crippen LogP contribution in [0.15, 0.2) is 48.5 Å². The molecule has 0 radical (unpaired) electrons. The van der Waals surface area contributed by atoms with E-state index in [-0.39, 0.29) is 5.82 Å². The highest BCUT2D eigenvalue weighted by atomic mass is 19.1. The lowest BCUT2D eigenvalue weighted by Gasteiger charge is -2.14. The molecule has 1 unspecified atom stereocenters. The van der Waals surface area contributed by atoms with Gasteiger partial charge in [-0.1, -0.05) is 44.2 Å². The van der Waals surface area contributed by atoms with E-state index in [1.165, 1.54) is 17.7 Å². The fourth-order valence-electron chi connectivity index (χ4n) is 2.03. The fraction of sp³-hybridized carbons (Fsp3) is 0.294. The predicted octanol–water partition coefficient (Wildman–Crippen LogP) is 4.09. The Morgan fingerprint density at radius 3 is 2.30 bits per heavy atom. The normalized spacial score (nSPS) is 12.4. The highest BCUT2D eigenvalue weighted by Gasteiger charge is 2.08. The number of hydrogen-bond donors (Lipinski definition) is 2. The van der Waals surface area contributed by atoms with Crippen LogP contribution in [0.5, 0.6) is 0 Å². The molecule has 0 amide bonds. The third-order valence-corrected chi connectivity index (χ3v) is 3.31. The van der Waals surface area contributed by atoms with Crippen molar-refractivity contribution < 1.29 is 9.50 Å². The Morgan fingerprint density at radius 1 is 1.05 bits per heavy atom. The molecule has 0 aliphatic rings. The van der Waals surface area contributed by atoms with Crippen LogP contribution in [-0.2, 0) is 0 Å². The number of aliphatic hydroxyl groups excluding tert-OH is 1. The molecule has 106 valence electrons. The quantitative estimate of drug-likeness (QED) is 0.859. The van der Waals surface area contributed by atoms with Crippen LogP contribution in [-0.4, -0.2) is 11.7 Å². The molecule has 0 bridgehead atoms. The summed E-state index contributed by atoms with van der Waals surface area (Å²) in [6.07, 6.45) is -0.612. The zero-order valence-corrected chi connectivity index (χ0v) is 11.8. The second-order valence-corrected chi connectivity index (χ2v) is 5.23. The minimum Gasteiger partial charge on any atom is -0.387 e. The fourth-order valence-corrected chi connectivity index (χ4v) is 2.03. The van der Waals surface area contributed by atoms with Crippen LogP contribution < -0.4 is 5.32 Å². The van der Waals surface area contributed by atoms with Crippen molar-refractivity contribution >= 4 is 5.69 Å². The third kappa shape index (κ3) is 3.81. The zero-order valence-electron chi connectivity index (χ0n) is 11.8. The Balaban J connectivity index is 1.96. The van der Waals surface area contributed by atoms with Crippen molar-refractivity contribution in [3.05, 3.63) is 65.5 Å². The summed E-state index contributed by atoms with van der Waals surface area (Å²) in [5.74, 6) is 0.192. The van der Waals surface area contributed by atoms with Gasteiger partial charge >= 0.3 is 0 Å². The number of anilines is 1. The van der Waals surface area contributed by atoms with Crippen LogP contribution >= 0.6 is 0 Å². The van der Waals surface area contributed by atoms with Crippen molar-refractivity contribution in [2.24, 2.45) is 0 Å². The summed E-state index contributed by atoms with van der Waals surface area (Å²) in [5.41, 5.74) is 2.78. The summed E-state index contributed by atoms with van der Waals surface area (Å²) in [6.45, 7) is 4.62. The molecule has 2 aromatic carbocycles. The van der Waals surface area contributed by atoms with Gasteiger partial charge in [0.05, 0.1) is 6.10 Å². The molecule has 0 heterocycles. The Labute approximate surface area is 119 Å². The lowest BCUT2D eigenvalue weighted by atomic mass is 10.00. The molecule has 2 N–H and O–H groups in total. The Kier molecular flexibility index (Phi) is 4.74. The first-order valence-corrected chi connectivity index (χ1v) is 6.83. The molecule has 0 aliphatic carbocycles. The van der Waals surface area contributed by atoms with Crippen LogP contribution in [0.1, 0.15) is 37.0 Å². The Bertz CT molecular complexity index is 551. The molecule has 20 heavy (non-hydrogen) atoms. The van der Waals surface area contributed by atoms with Gasteiger partial charge in [-0.15, -0.1) is 0 Å². The van der Waals surface area contributed by atoms with Crippen molar-refractivity contribution in [3.8, 4) is 0 Å². The number of rotatable bonds is 5. The van der Waals surface area contributed by atoms with Crippen LogP contribution in [0, 0.1) is 5.82 Å². The van der Waals surface area contributed by atoms with Crippen LogP contribution in [0.2, 0.25) is 0 Å². The average molecular weight is 273 g/mol. The molecule has 2 rings (SSSR count). The molecule has 0 saturated carbocycles. The van der Waals surface area contributed by atoms with Crippen molar-refractivity contribution in [3.63, 3.8) is 0 Å². The summed E-state index contributed by atoms with van der Waals surface area (Å²) in [7, 11) is 0. The summed E-state index contributed by atoms with van der Waals surface area (Å²) in [5, 5.41) is 13.2. The van der Waals surface area contributed by atoms with Crippen molar-refractivity contribution in [2.45, 2.75) is 25.9 Å². The van der Waals surface area contributed by atoms with Crippen LogP contribution in [0.4, 0.5) is 10.1 Å². The molecule has 2 aromatic rings. The lowest BCUT2D eigenvalue weighted by Crippen LogP contribution is -2.12. The van der Waals surface area contributed by atoms with Crippen LogP contribution in [0.3, 0.4) is 0 Å². The van der Waals surface area contributed by atoms with Crippen LogP contribution in [0.25, 0.3) is 0 Å². The van der Waals surface area contributed by atoms with Gasteiger partial charge < -0.3 is 10.4 Å². The Morgan fingerprint density at radius 2 is 1.70 bits per heavy atom. The molecule has 0 aromatic heterocycles. The number of hydrogen-bond acceptors (Lipinski definition) is 2. The number of aliphatic hydroxyl groups is 1.